The van der Waals surface area contributed by atoms with Crippen molar-refractivity contribution < 1.29 is 22.3 Å². The van der Waals surface area contributed by atoms with E-state index in [9.17, 15) is 8.78 Å². The number of fused-ring (bicyclic) bond motifs is 3. The highest BCUT2D eigenvalue weighted by Crippen LogP contribution is 2.41. The van der Waals surface area contributed by atoms with E-state index in [1.807, 2.05) is 34.1 Å². The van der Waals surface area contributed by atoms with E-state index < -0.39 is 23.3 Å². The first-order valence-corrected chi connectivity index (χ1v) is 12.2. The summed E-state index contributed by atoms with van der Waals surface area (Å²) in [5.74, 6) is -1.26. The summed E-state index contributed by atoms with van der Waals surface area (Å²) >= 11 is 0. The third-order valence-electron chi connectivity index (χ3n) is 6.97. The van der Waals surface area contributed by atoms with Crippen molar-refractivity contribution in [2.75, 3.05) is 46.0 Å². The zero-order valence-electron chi connectivity index (χ0n) is 20.1. The number of aromatic nitrogens is 1. The summed E-state index contributed by atoms with van der Waals surface area (Å²) in [5.41, 5.74) is 0.968. The molecule has 2 aliphatic heterocycles. The van der Waals surface area contributed by atoms with E-state index in [1.54, 1.807) is 0 Å². The largest absolute Gasteiger partial charge is 0.492 e. The number of ether oxygens (including phenoxy) is 1. The van der Waals surface area contributed by atoms with Crippen molar-refractivity contribution in [2.45, 2.75) is 32.0 Å². The molecule has 1 saturated heterocycles. The first kappa shape index (κ1) is 24.1. The fraction of sp³-hybridized carbons (Fsp3) is 0.481. The Balaban J connectivity index is 1.44. The minimum Gasteiger partial charge on any atom is -0.492 e. The van der Waals surface area contributed by atoms with Crippen LogP contribution in [-0.4, -0.2) is 66.5 Å². The van der Waals surface area contributed by atoms with Gasteiger partial charge in [0.1, 0.15) is 29.7 Å². The fourth-order valence-electron chi connectivity index (χ4n) is 5.43. The second kappa shape index (κ2) is 9.47. The molecule has 1 fully saturated rings. The van der Waals surface area contributed by atoms with E-state index in [1.165, 1.54) is 26.0 Å². The molecule has 2 aromatic carbocycles. The highest BCUT2D eigenvalue weighted by Gasteiger charge is 2.38. The van der Waals surface area contributed by atoms with Crippen LogP contribution < -0.4 is 4.74 Å². The van der Waals surface area contributed by atoms with Gasteiger partial charge in [-0.1, -0.05) is 18.2 Å². The number of halogens is 4. The lowest BCUT2D eigenvalue weighted by atomic mass is 9.90. The molecule has 188 valence electrons. The van der Waals surface area contributed by atoms with Crippen LogP contribution in [0.5, 0.6) is 5.75 Å². The van der Waals surface area contributed by atoms with Gasteiger partial charge in [0, 0.05) is 72.9 Å². The molecule has 0 radical (unpaired) electrons. The van der Waals surface area contributed by atoms with Crippen molar-refractivity contribution in [3.8, 4) is 5.75 Å². The molecule has 0 unspecified atom stereocenters. The molecule has 8 heteroatoms. The van der Waals surface area contributed by atoms with Crippen LogP contribution in [0.25, 0.3) is 10.9 Å². The zero-order valence-corrected chi connectivity index (χ0v) is 20.1. The molecular formula is C27H31F4N3O. The van der Waals surface area contributed by atoms with Crippen LogP contribution in [0.15, 0.2) is 36.4 Å². The van der Waals surface area contributed by atoms with Crippen molar-refractivity contribution in [1.82, 2.24) is 14.8 Å². The van der Waals surface area contributed by atoms with Gasteiger partial charge >= 0.3 is 0 Å². The van der Waals surface area contributed by atoms with Gasteiger partial charge < -0.3 is 9.72 Å². The normalized spacial score (nSPS) is 19.7. The van der Waals surface area contributed by atoms with Crippen molar-refractivity contribution in [3.63, 3.8) is 0 Å². The number of nitrogens with one attached hydrogen (secondary N) is 1. The van der Waals surface area contributed by atoms with Gasteiger partial charge in [0.25, 0.3) is 0 Å². The Bertz CT molecular complexity index is 1180. The average Bonchev–Trinajstić information content (AvgIpc) is 3.14. The zero-order chi connectivity index (χ0) is 24.7. The predicted octanol–water partition coefficient (Wildman–Crippen LogP) is 5.42. The highest BCUT2D eigenvalue weighted by molar-refractivity contribution is 5.85. The Morgan fingerprint density at radius 2 is 1.83 bits per heavy atom. The molecule has 0 spiro atoms. The number of nitrogens with zero attached hydrogens (tertiary/aromatic N) is 2. The first-order chi connectivity index (χ1) is 16.7. The number of hydrogen-bond acceptors (Lipinski definition) is 3. The lowest BCUT2D eigenvalue weighted by Gasteiger charge is -2.38. The number of H-pyrrole nitrogens is 1. The van der Waals surface area contributed by atoms with Gasteiger partial charge in [-0.05, 0) is 31.9 Å². The molecule has 35 heavy (non-hydrogen) atoms. The van der Waals surface area contributed by atoms with Crippen LogP contribution in [0, 0.1) is 17.6 Å². The van der Waals surface area contributed by atoms with Crippen molar-refractivity contribution in [2.24, 2.45) is 5.92 Å². The van der Waals surface area contributed by atoms with Crippen molar-refractivity contribution >= 4 is 10.9 Å². The van der Waals surface area contributed by atoms with Crippen LogP contribution in [0.2, 0.25) is 0 Å². The molecule has 0 amide bonds. The Labute approximate surface area is 202 Å². The molecule has 1 aromatic heterocycles. The third-order valence-corrected chi connectivity index (χ3v) is 6.97. The number of likely N-dealkylation sites (tertiary alicyclic amines) is 1. The smallest absolute Gasteiger partial charge is 0.135 e. The molecular weight excluding hydrogens is 458 g/mol. The molecule has 3 heterocycles. The minimum absolute atomic E-state index is 0.0410. The summed E-state index contributed by atoms with van der Waals surface area (Å²) in [5, 5.41) is 1.02. The number of rotatable bonds is 8. The first-order valence-electron chi connectivity index (χ1n) is 12.2. The quantitative estimate of drug-likeness (QED) is 0.429. The molecule has 0 aliphatic carbocycles. The predicted molar refractivity (Wildman–Crippen MR) is 128 cm³/mol. The highest BCUT2D eigenvalue weighted by atomic mass is 19.1. The van der Waals surface area contributed by atoms with Crippen molar-refractivity contribution in [1.29, 1.82) is 0 Å². The molecule has 0 bridgehead atoms. The van der Waals surface area contributed by atoms with Gasteiger partial charge in [0.2, 0.25) is 0 Å². The second-order valence-electron chi connectivity index (χ2n) is 10.3. The summed E-state index contributed by atoms with van der Waals surface area (Å²) in [6, 6.07) is 9.40. The average molecular weight is 490 g/mol. The van der Waals surface area contributed by atoms with Crippen LogP contribution in [0.4, 0.5) is 17.6 Å². The number of benzene rings is 2. The number of aromatic amines is 1. The third kappa shape index (κ3) is 4.91. The Kier molecular flexibility index (Phi) is 6.53. The Morgan fingerprint density at radius 3 is 2.51 bits per heavy atom. The van der Waals surface area contributed by atoms with E-state index in [0.717, 1.165) is 16.5 Å². The number of hydrogen-bond donors (Lipinski definition) is 1. The van der Waals surface area contributed by atoms with E-state index in [4.69, 9.17) is 4.74 Å². The van der Waals surface area contributed by atoms with Crippen molar-refractivity contribution in [3.05, 3.63) is 64.9 Å². The van der Waals surface area contributed by atoms with Crippen LogP contribution in [-0.2, 0) is 6.42 Å². The van der Waals surface area contributed by atoms with Gasteiger partial charge in [0.15, 0.2) is 0 Å². The maximum absolute atomic E-state index is 15.5. The fourth-order valence-corrected chi connectivity index (χ4v) is 5.43. The summed E-state index contributed by atoms with van der Waals surface area (Å²) in [4.78, 5) is 7.21. The van der Waals surface area contributed by atoms with Crippen LogP contribution >= 0.6 is 0 Å². The topological polar surface area (TPSA) is 31.5 Å². The molecule has 4 nitrogen and oxygen atoms in total. The SMILES string of the molecule is CC(C)(F)CN1CCc2c([nH]c3ccccc23)[C@H]1c1c(F)cc(OCCN2CC(CF)C2)cc1F. The van der Waals surface area contributed by atoms with E-state index in [0.29, 0.717) is 38.3 Å². The van der Waals surface area contributed by atoms with Gasteiger partial charge in [-0.3, -0.25) is 14.2 Å². The molecule has 3 aromatic rings. The second-order valence-corrected chi connectivity index (χ2v) is 10.3. The maximum atomic E-state index is 15.5. The minimum atomic E-state index is -1.53. The van der Waals surface area contributed by atoms with Crippen LogP contribution in [0.1, 0.15) is 36.7 Å². The molecule has 1 N–H and O–H groups in total. The van der Waals surface area contributed by atoms with E-state index in [2.05, 4.69) is 4.98 Å². The Hall–Kier alpha value is -2.58. The standard InChI is InChI=1S/C27H31F4N3O/c1-27(2,31)16-34-8-7-20-19-5-3-4-6-23(19)32-25(20)26(34)24-21(29)11-18(12-22(24)30)35-10-9-33-14-17(13-28)15-33/h3-6,11-12,17,26,32H,7-10,13-16H2,1-2H3/t26-/m1/s1. The van der Waals surface area contributed by atoms with E-state index >= 15 is 8.78 Å². The maximum Gasteiger partial charge on any atom is 0.135 e. The van der Waals surface area contributed by atoms with E-state index in [-0.39, 0.29) is 37.1 Å². The van der Waals surface area contributed by atoms with Gasteiger partial charge in [0.05, 0.1) is 12.7 Å². The van der Waals surface area contributed by atoms with Gasteiger partial charge in [-0.15, -0.1) is 0 Å². The summed E-state index contributed by atoms with van der Waals surface area (Å²) in [6.45, 7) is 5.33. The van der Waals surface area contributed by atoms with Gasteiger partial charge in [-0.25, -0.2) is 13.2 Å². The molecule has 1 atom stereocenters. The lowest BCUT2D eigenvalue weighted by Crippen LogP contribution is -2.49. The monoisotopic (exact) mass is 489 g/mol. The number of para-hydroxylation sites is 1. The molecule has 0 saturated carbocycles. The molecule has 5 rings (SSSR count). The summed E-state index contributed by atoms with van der Waals surface area (Å²) < 4.78 is 63.9. The molecule has 2 aliphatic rings. The summed E-state index contributed by atoms with van der Waals surface area (Å²) in [7, 11) is 0. The number of alkyl halides is 2. The van der Waals surface area contributed by atoms with Crippen LogP contribution in [0.3, 0.4) is 0 Å². The lowest BCUT2D eigenvalue weighted by molar-refractivity contribution is 0.0667. The van der Waals surface area contributed by atoms with Gasteiger partial charge in [-0.2, -0.15) is 0 Å². The Morgan fingerprint density at radius 1 is 1.11 bits per heavy atom. The summed E-state index contributed by atoms with van der Waals surface area (Å²) in [6.07, 6.45) is 0.663.